The summed E-state index contributed by atoms with van der Waals surface area (Å²) in [4.78, 5) is 7.42. The van der Waals surface area contributed by atoms with E-state index < -0.39 is 0 Å². The zero-order valence-electron chi connectivity index (χ0n) is 9.13. The molecule has 0 unspecified atom stereocenters. The minimum Gasteiger partial charge on any atom is -0.495 e. The minimum atomic E-state index is 0.364. The largest absolute Gasteiger partial charge is 0.495 e. The lowest BCUT2D eigenvalue weighted by atomic mass is 10.1. The number of hydrogen-bond acceptors (Lipinski definition) is 3. The maximum Gasteiger partial charge on any atom is 0.137 e. The van der Waals surface area contributed by atoms with Crippen molar-refractivity contribution in [1.82, 2.24) is 9.97 Å². The molecule has 6 heteroatoms. The van der Waals surface area contributed by atoms with E-state index in [1.54, 1.807) is 13.2 Å². The van der Waals surface area contributed by atoms with Gasteiger partial charge in [-0.1, -0.05) is 11.6 Å². The Bertz CT molecular complexity index is 542. The van der Waals surface area contributed by atoms with Crippen molar-refractivity contribution in [3.05, 3.63) is 33.6 Å². The molecule has 17 heavy (non-hydrogen) atoms. The zero-order valence-corrected chi connectivity index (χ0v) is 11.5. The molecule has 2 rings (SSSR count). The molecular weight excluding hydrogens is 305 g/mol. The Labute approximate surface area is 112 Å². The Kier molecular flexibility index (Phi) is 3.71. The van der Waals surface area contributed by atoms with Crippen molar-refractivity contribution in [3.8, 4) is 17.0 Å². The van der Waals surface area contributed by atoms with Gasteiger partial charge in [0.2, 0.25) is 0 Å². The van der Waals surface area contributed by atoms with Gasteiger partial charge in [-0.15, -0.1) is 0 Å². The molecule has 0 saturated carbocycles. The summed E-state index contributed by atoms with van der Waals surface area (Å²) in [6, 6.07) is 5.51. The summed E-state index contributed by atoms with van der Waals surface area (Å²) >= 11 is 9.48. The van der Waals surface area contributed by atoms with Crippen molar-refractivity contribution in [1.29, 1.82) is 0 Å². The molecule has 0 radical (unpaired) electrons. The maximum absolute atomic E-state index is 6.07. The Morgan fingerprint density at radius 2 is 2.29 bits per heavy atom. The van der Waals surface area contributed by atoms with Gasteiger partial charge in [0.15, 0.2) is 0 Å². The monoisotopic (exact) mass is 315 g/mol. The molecule has 1 aromatic carbocycles. The molecule has 0 spiro atoms. The van der Waals surface area contributed by atoms with Crippen LogP contribution >= 0.6 is 27.5 Å². The second-order valence-electron chi connectivity index (χ2n) is 3.40. The summed E-state index contributed by atoms with van der Waals surface area (Å²) in [5, 5.41) is 0.550. The van der Waals surface area contributed by atoms with Crippen LogP contribution in [0.15, 0.2) is 22.8 Å². The van der Waals surface area contributed by atoms with Crippen LogP contribution in [0, 0.1) is 0 Å². The number of hydrogen-bond donors (Lipinski definition) is 2. The molecule has 0 fully saturated rings. The maximum atomic E-state index is 6.07. The average Bonchev–Trinajstić information content (AvgIpc) is 2.70. The third-order valence-corrected chi connectivity index (χ3v) is 3.20. The normalized spacial score (nSPS) is 10.6. The van der Waals surface area contributed by atoms with Gasteiger partial charge < -0.3 is 15.5 Å². The number of aromatic amines is 1. The van der Waals surface area contributed by atoms with Crippen LogP contribution in [-0.2, 0) is 6.54 Å². The predicted octanol–water partition coefficient (Wildman–Crippen LogP) is 2.96. The fraction of sp³-hybridized carbons (Fsp3) is 0.182. The summed E-state index contributed by atoms with van der Waals surface area (Å²) in [5.74, 6) is 1.36. The van der Waals surface area contributed by atoms with E-state index in [4.69, 9.17) is 22.1 Å². The number of rotatable bonds is 3. The molecule has 0 bridgehead atoms. The highest BCUT2D eigenvalue weighted by Gasteiger charge is 2.11. The summed E-state index contributed by atoms with van der Waals surface area (Å²) in [7, 11) is 1.58. The lowest BCUT2D eigenvalue weighted by Gasteiger charge is -2.04. The van der Waals surface area contributed by atoms with Crippen LogP contribution < -0.4 is 10.5 Å². The topological polar surface area (TPSA) is 63.9 Å². The van der Waals surface area contributed by atoms with Crippen LogP contribution in [0.25, 0.3) is 11.3 Å². The standard InChI is InChI=1S/C11H11BrClN3O/c1-17-8-3-2-6(4-7(8)13)10-11(12)16-9(5-14)15-10/h2-4H,5,14H2,1H3,(H,15,16). The molecule has 90 valence electrons. The van der Waals surface area contributed by atoms with E-state index in [0.29, 0.717) is 17.3 Å². The molecule has 0 atom stereocenters. The third-order valence-electron chi connectivity index (χ3n) is 2.33. The van der Waals surface area contributed by atoms with Crippen molar-refractivity contribution in [2.24, 2.45) is 5.73 Å². The summed E-state index contributed by atoms with van der Waals surface area (Å²) in [6.07, 6.45) is 0. The summed E-state index contributed by atoms with van der Waals surface area (Å²) < 4.78 is 5.89. The van der Waals surface area contributed by atoms with Crippen molar-refractivity contribution in [2.75, 3.05) is 7.11 Å². The first-order valence-corrected chi connectivity index (χ1v) is 6.11. The van der Waals surface area contributed by atoms with E-state index in [1.807, 2.05) is 12.1 Å². The number of H-pyrrole nitrogens is 1. The molecule has 2 aromatic rings. The van der Waals surface area contributed by atoms with Gasteiger partial charge in [-0.05, 0) is 34.1 Å². The van der Waals surface area contributed by atoms with Gasteiger partial charge in [-0.25, -0.2) is 4.98 Å². The number of nitrogens with one attached hydrogen (secondary N) is 1. The van der Waals surface area contributed by atoms with Crippen molar-refractivity contribution in [2.45, 2.75) is 6.54 Å². The fourth-order valence-corrected chi connectivity index (χ4v) is 2.30. The van der Waals surface area contributed by atoms with E-state index in [2.05, 4.69) is 25.9 Å². The van der Waals surface area contributed by atoms with Crippen molar-refractivity contribution < 1.29 is 4.74 Å². The Balaban J connectivity index is 2.45. The zero-order chi connectivity index (χ0) is 12.4. The highest BCUT2D eigenvalue weighted by Crippen LogP contribution is 2.32. The van der Waals surface area contributed by atoms with Crippen molar-refractivity contribution in [3.63, 3.8) is 0 Å². The van der Waals surface area contributed by atoms with Crippen LogP contribution in [0.5, 0.6) is 5.75 Å². The minimum absolute atomic E-state index is 0.364. The Morgan fingerprint density at radius 3 is 2.82 bits per heavy atom. The summed E-state index contributed by atoms with van der Waals surface area (Å²) in [6.45, 7) is 0.364. The average molecular weight is 317 g/mol. The molecule has 0 saturated heterocycles. The molecule has 0 aliphatic rings. The number of aromatic nitrogens is 2. The smallest absolute Gasteiger partial charge is 0.137 e. The highest BCUT2D eigenvalue weighted by atomic mass is 79.9. The highest BCUT2D eigenvalue weighted by molar-refractivity contribution is 9.10. The summed E-state index contributed by atoms with van der Waals surface area (Å²) in [5.41, 5.74) is 7.21. The number of nitrogens with two attached hydrogens (primary N) is 1. The van der Waals surface area contributed by atoms with Gasteiger partial charge in [-0.3, -0.25) is 0 Å². The first kappa shape index (κ1) is 12.4. The molecule has 0 aliphatic carbocycles. The van der Waals surface area contributed by atoms with Gasteiger partial charge in [-0.2, -0.15) is 0 Å². The number of benzene rings is 1. The van der Waals surface area contributed by atoms with E-state index in [-0.39, 0.29) is 0 Å². The Morgan fingerprint density at radius 1 is 1.53 bits per heavy atom. The van der Waals surface area contributed by atoms with Crippen LogP contribution in [-0.4, -0.2) is 17.1 Å². The number of halogens is 2. The van der Waals surface area contributed by atoms with Gasteiger partial charge in [0.05, 0.1) is 18.7 Å². The molecule has 0 aliphatic heterocycles. The lowest BCUT2D eigenvalue weighted by Crippen LogP contribution is -1.97. The van der Waals surface area contributed by atoms with Crippen LogP contribution in [0.4, 0.5) is 0 Å². The third kappa shape index (κ3) is 2.46. The molecule has 4 nitrogen and oxygen atoms in total. The molecular formula is C11H11BrClN3O. The van der Waals surface area contributed by atoms with E-state index in [9.17, 15) is 0 Å². The van der Waals surface area contributed by atoms with Crippen LogP contribution in [0.2, 0.25) is 5.02 Å². The molecule has 0 amide bonds. The molecule has 1 aromatic heterocycles. The Hall–Kier alpha value is -1.04. The lowest BCUT2D eigenvalue weighted by molar-refractivity contribution is 0.415. The fourth-order valence-electron chi connectivity index (χ4n) is 1.50. The van der Waals surface area contributed by atoms with Crippen LogP contribution in [0.1, 0.15) is 5.82 Å². The van der Waals surface area contributed by atoms with Gasteiger partial charge in [0.25, 0.3) is 0 Å². The SMILES string of the molecule is COc1ccc(-c2nc(CN)[nH]c2Br)cc1Cl. The van der Waals surface area contributed by atoms with Crippen molar-refractivity contribution >= 4 is 27.5 Å². The second kappa shape index (κ2) is 5.08. The number of methoxy groups -OCH3 is 1. The first-order chi connectivity index (χ1) is 8.15. The van der Waals surface area contributed by atoms with Gasteiger partial charge in [0, 0.05) is 5.56 Å². The van der Waals surface area contributed by atoms with E-state index >= 15 is 0 Å². The molecule has 3 N–H and O–H groups in total. The van der Waals surface area contributed by atoms with Crippen LogP contribution in [0.3, 0.4) is 0 Å². The van der Waals surface area contributed by atoms with E-state index in [0.717, 1.165) is 21.7 Å². The first-order valence-electron chi connectivity index (χ1n) is 4.94. The number of imidazole rings is 1. The van der Waals surface area contributed by atoms with E-state index in [1.165, 1.54) is 0 Å². The number of nitrogens with zero attached hydrogens (tertiary/aromatic N) is 1. The molecule has 1 heterocycles. The predicted molar refractivity (Wildman–Crippen MR) is 71.2 cm³/mol. The second-order valence-corrected chi connectivity index (χ2v) is 4.60. The van der Waals surface area contributed by atoms with Gasteiger partial charge in [0.1, 0.15) is 21.9 Å². The van der Waals surface area contributed by atoms with Gasteiger partial charge >= 0.3 is 0 Å². The quantitative estimate of drug-likeness (QED) is 0.915. The number of ether oxygens (including phenoxy) is 1.